The van der Waals surface area contributed by atoms with Crippen molar-refractivity contribution in [2.75, 3.05) is 31.1 Å². The van der Waals surface area contributed by atoms with Crippen LogP contribution in [0, 0.1) is 0 Å². The standard InChI is InChI=1S/C15H23N3O3/c1-11(20)14(10-19)17-15(21)13-9-18(8-7-16-13)12-5-3-2-4-6-12/h2-6,11,13-14,16,19-20H,7-10H2,1H3,(H,17,21)/t11?,13?,14-/m1/s1. The molecule has 1 fully saturated rings. The van der Waals surface area contributed by atoms with Crippen LogP contribution in [0.1, 0.15) is 6.92 Å². The Morgan fingerprint density at radius 3 is 2.81 bits per heavy atom. The van der Waals surface area contributed by atoms with Crippen LogP contribution in [0.15, 0.2) is 30.3 Å². The molecule has 0 bridgehead atoms. The molecule has 0 radical (unpaired) electrons. The lowest BCUT2D eigenvalue weighted by Crippen LogP contribution is -2.59. The number of nitrogens with zero attached hydrogens (tertiary/aromatic N) is 1. The molecule has 1 aliphatic rings. The van der Waals surface area contributed by atoms with Gasteiger partial charge in [-0.25, -0.2) is 0 Å². The quantitative estimate of drug-likeness (QED) is 0.578. The van der Waals surface area contributed by atoms with Gasteiger partial charge in [-0.1, -0.05) is 18.2 Å². The van der Waals surface area contributed by atoms with E-state index < -0.39 is 12.1 Å². The lowest BCUT2D eigenvalue weighted by atomic mass is 10.1. The molecule has 21 heavy (non-hydrogen) atoms. The van der Waals surface area contributed by atoms with Crippen LogP contribution in [-0.2, 0) is 4.79 Å². The molecule has 0 spiro atoms. The van der Waals surface area contributed by atoms with E-state index in [2.05, 4.69) is 15.5 Å². The van der Waals surface area contributed by atoms with E-state index in [1.54, 1.807) is 6.92 Å². The lowest BCUT2D eigenvalue weighted by Gasteiger charge is -2.35. The highest BCUT2D eigenvalue weighted by Gasteiger charge is 2.27. The zero-order valence-electron chi connectivity index (χ0n) is 12.2. The molecule has 0 aromatic heterocycles. The van der Waals surface area contributed by atoms with Crippen LogP contribution in [0.5, 0.6) is 0 Å². The predicted molar refractivity (Wildman–Crippen MR) is 81.1 cm³/mol. The second kappa shape index (κ2) is 7.40. The average Bonchev–Trinajstić information content (AvgIpc) is 2.53. The van der Waals surface area contributed by atoms with E-state index in [-0.39, 0.29) is 18.6 Å². The van der Waals surface area contributed by atoms with Crippen molar-refractivity contribution in [3.8, 4) is 0 Å². The molecule has 2 rings (SSSR count). The van der Waals surface area contributed by atoms with Gasteiger partial charge in [-0.3, -0.25) is 4.79 Å². The normalized spacial score (nSPS) is 21.7. The average molecular weight is 293 g/mol. The number of nitrogens with one attached hydrogen (secondary N) is 2. The highest BCUT2D eigenvalue weighted by molar-refractivity contribution is 5.83. The molecule has 2 unspecified atom stereocenters. The Kier molecular flexibility index (Phi) is 5.55. The Labute approximate surface area is 124 Å². The minimum Gasteiger partial charge on any atom is -0.394 e. The van der Waals surface area contributed by atoms with Crippen molar-refractivity contribution in [1.82, 2.24) is 10.6 Å². The van der Waals surface area contributed by atoms with Crippen molar-refractivity contribution in [2.45, 2.75) is 25.1 Å². The number of carbonyl (C=O) groups excluding carboxylic acids is 1. The van der Waals surface area contributed by atoms with E-state index in [1.807, 2.05) is 30.3 Å². The van der Waals surface area contributed by atoms with Gasteiger partial charge < -0.3 is 25.7 Å². The van der Waals surface area contributed by atoms with Crippen LogP contribution >= 0.6 is 0 Å². The monoisotopic (exact) mass is 293 g/mol. The Bertz CT molecular complexity index is 453. The van der Waals surface area contributed by atoms with Crippen molar-refractivity contribution in [3.05, 3.63) is 30.3 Å². The van der Waals surface area contributed by atoms with E-state index >= 15 is 0 Å². The molecule has 3 atom stereocenters. The maximum atomic E-state index is 12.2. The molecule has 1 saturated heterocycles. The number of rotatable bonds is 5. The SMILES string of the molecule is CC(O)[C@@H](CO)NC(=O)C1CN(c2ccccc2)CCN1. The molecule has 1 amide bonds. The van der Waals surface area contributed by atoms with Crippen LogP contribution in [0.2, 0.25) is 0 Å². The summed E-state index contributed by atoms with van der Waals surface area (Å²) in [6, 6.07) is 8.96. The van der Waals surface area contributed by atoms with Crippen molar-refractivity contribution < 1.29 is 15.0 Å². The van der Waals surface area contributed by atoms with Gasteiger partial charge in [0.2, 0.25) is 5.91 Å². The first-order valence-corrected chi connectivity index (χ1v) is 7.24. The number of aliphatic hydroxyl groups excluding tert-OH is 2. The number of amides is 1. The fourth-order valence-corrected chi connectivity index (χ4v) is 2.40. The van der Waals surface area contributed by atoms with E-state index in [0.29, 0.717) is 13.1 Å². The van der Waals surface area contributed by atoms with Crippen LogP contribution in [0.3, 0.4) is 0 Å². The zero-order chi connectivity index (χ0) is 15.2. The molecule has 1 heterocycles. The topological polar surface area (TPSA) is 84.8 Å². The molecule has 6 heteroatoms. The van der Waals surface area contributed by atoms with Gasteiger partial charge >= 0.3 is 0 Å². The van der Waals surface area contributed by atoms with Crippen molar-refractivity contribution in [1.29, 1.82) is 0 Å². The Morgan fingerprint density at radius 2 is 2.19 bits per heavy atom. The highest BCUT2D eigenvalue weighted by Crippen LogP contribution is 2.15. The molecule has 0 aliphatic carbocycles. The summed E-state index contributed by atoms with van der Waals surface area (Å²) >= 11 is 0. The van der Waals surface area contributed by atoms with Gasteiger partial charge in [0.25, 0.3) is 0 Å². The molecule has 1 aromatic rings. The third kappa shape index (κ3) is 4.17. The van der Waals surface area contributed by atoms with Gasteiger partial charge in [0.05, 0.1) is 18.8 Å². The van der Waals surface area contributed by atoms with Gasteiger partial charge in [0.15, 0.2) is 0 Å². The summed E-state index contributed by atoms with van der Waals surface area (Å²) in [5.74, 6) is -0.199. The summed E-state index contributed by atoms with van der Waals surface area (Å²) in [6.45, 7) is 3.39. The number of hydrogen-bond acceptors (Lipinski definition) is 5. The van der Waals surface area contributed by atoms with Gasteiger partial charge in [-0.2, -0.15) is 0 Å². The first kappa shape index (κ1) is 15.8. The minimum absolute atomic E-state index is 0.199. The van der Waals surface area contributed by atoms with E-state index in [9.17, 15) is 9.90 Å². The fourth-order valence-electron chi connectivity index (χ4n) is 2.40. The Balaban J connectivity index is 1.96. The number of hydrogen-bond donors (Lipinski definition) is 4. The van der Waals surface area contributed by atoms with Crippen molar-refractivity contribution in [2.24, 2.45) is 0 Å². The number of piperazine rings is 1. The molecular formula is C15H23N3O3. The third-order valence-corrected chi connectivity index (χ3v) is 3.72. The zero-order valence-corrected chi connectivity index (χ0v) is 12.2. The second-order valence-electron chi connectivity index (χ2n) is 5.33. The smallest absolute Gasteiger partial charge is 0.239 e. The fraction of sp³-hybridized carbons (Fsp3) is 0.533. The molecule has 0 saturated carbocycles. The van der Waals surface area contributed by atoms with E-state index in [1.165, 1.54) is 0 Å². The van der Waals surface area contributed by atoms with Gasteiger partial charge in [-0.05, 0) is 19.1 Å². The second-order valence-corrected chi connectivity index (χ2v) is 5.33. The van der Waals surface area contributed by atoms with Gasteiger partial charge in [0, 0.05) is 25.3 Å². The maximum Gasteiger partial charge on any atom is 0.239 e. The Morgan fingerprint density at radius 1 is 1.48 bits per heavy atom. The van der Waals surface area contributed by atoms with E-state index in [0.717, 1.165) is 12.2 Å². The number of carbonyl (C=O) groups is 1. The number of benzene rings is 1. The summed E-state index contributed by atoms with van der Waals surface area (Å²) in [5.41, 5.74) is 1.09. The largest absolute Gasteiger partial charge is 0.394 e. The molecule has 4 N–H and O–H groups in total. The first-order chi connectivity index (χ1) is 10.1. The van der Waals surface area contributed by atoms with Crippen molar-refractivity contribution in [3.63, 3.8) is 0 Å². The summed E-state index contributed by atoms with van der Waals surface area (Å²) in [5, 5.41) is 24.5. The van der Waals surface area contributed by atoms with E-state index in [4.69, 9.17) is 5.11 Å². The highest BCUT2D eigenvalue weighted by atomic mass is 16.3. The van der Waals surface area contributed by atoms with Gasteiger partial charge in [-0.15, -0.1) is 0 Å². The first-order valence-electron chi connectivity index (χ1n) is 7.24. The third-order valence-electron chi connectivity index (χ3n) is 3.72. The van der Waals surface area contributed by atoms with Gasteiger partial charge in [0.1, 0.15) is 6.04 Å². The lowest BCUT2D eigenvalue weighted by molar-refractivity contribution is -0.125. The molecule has 116 valence electrons. The summed E-state index contributed by atoms with van der Waals surface area (Å²) in [7, 11) is 0. The van der Waals surface area contributed by atoms with Crippen LogP contribution in [0.4, 0.5) is 5.69 Å². The summed E-state index contributed by atoms with van der Waals surface area (Å²) in [6.07, 6.45) is -0.784. The number of aliphatic hydroxyl groups is 2. The Hall–Kier alpha value is -1.63. The maximum absolute atomic E-state index is 12.2. The molecule has 1 aromatic carbocycles. The number of para-hydroxylation sites is 1. The van der Waals surface area contributed by atoms with Crippen LogP contribution < -0.4 is 15.5 Å². The summed E-state index contributed by atoms with van der Waals surface area (Å²) < 4.78 is 0. The van der Waals surface area contributed by atoms with Crippen molar-refractivity contribution >= 4 is 11.6 Å². The molecule has 1 aliphatic heterocycles. The predicted octanol–water partition coefficient (Wildman–Crippen LogP) is -0.677. The molecular weight excluding hydrogens is 270 g/mol. The van der Waals surface area contributed by atoms with Crippen LogP contribution in [-0.4, -0.2) is 60.5 Å². The minimum atomic E-state index is -0.784. The summed E-state index contributed by atoms with van der Waals surface area (Å²) in [4.78, 5) is 14.4. The number of anilines is 1. The molecule has 6 nitrogen and oxygen atoms in total. The van der Waals surface area contributed by atoms with Crippen LogP contribution in [0.25, 0.3) is 0 Å².